The third-order valence-corrected chi connectivity index (χ3v) is 3.76. The van der Waals surface area contributed by atoms with Gasteiger partial charge < -0.3 is 15.4 Å². The summed E-state index contributed by atoms with van der Waals surface area (Å²) in [7, 11) is 3.65. The van der Waals surface area contributed by atoms with Gasteiger partial charge in [0.25, 0.3) is 0 Å². The normalized spacial score (nSPS) is 12.0. The number of hydrogen-bond acceptors (Lipinski definition) is 3. The van der Waals surface area contributed by atoms with E-state index in [0.717, 1.165) is 22.0 Å². The summed E-state index contributed by atoms with van der Waals surface area (Å²) in [5.41, 5.74) is 8.91. The topological polar surface area (TPSA) is 38.5 Å². The second-order valence-corrected chi connectivity index (χ2v) is 5.20. The van der Waals surface area contributed by atoms with Crippen molar-refractivity contribution in [3.05, 3.63) is 53.1 Å². The van der Waals surface area contributed by atoms with E-state index in [1.54, 1.807) is 7.11 Å². The van der Waals surface area contributed by atoms with Gasteiger partial charge in [0.2, 0.25) is 0 Å². The molecule has 0 amide bonds. The molecule has 1 atom stereocenters. The molecule has 20 heavy (non-hydrogen) atoms. The lowest BCUT2D eigenvalue weighted by atomic mass is 10.1. The highest BCUT2D eigenvalue weighted by Crippen LogP contribution is 2.32. The van der Waals surface area contributed by atoms with Crippen LogP contribution in [0.5, 0.6) is 5.75 Å². The molecule has 0 bridgehead atoms. The monoisotopic (exact) mass is 290 g/mol. The van der Waals surface area contributed by atoms with Crippen molar-refractivity contribution in [3.63, 3.8) is 0 Å². The Labute approximate surface area is 124 Å². The maximum atomic E-state index is 6.10. The summed E-state index contributed by atoms with van der Waals surface area (Å²) in [6.07, 6.45) is 0. The molecule has 0 aliphatic carbocycles. The first-order valence-corrected chi connectivity index (χ1v) is 6.82. The summed E-state index contributed by atoms with van der Waals surface area (Å²) in [5.74, 6) is 0.759. The minimum Gasteiger partial charge on any atom is -0.497 e. The number of hydrogen-bond donors (Lipinski definition) is 1. The predicted molar refractivity (Wildman–Crippen MR) is 85.7 cm³/mol. The molecule has 1 unspecified atom stereocenters. The number of nitrogens with two attached hydrogens (primary N) is 1. The molecule has 2 N–H and O–H groups in total. The first-order chi connectivity index (χ1) is 9.52. The van der Waals surface area contributed by atoms with E-state index in [1.165, 1.54) is 0 Å². The van der Waals surface area contributed by atoms with E-state index in [4.69, 9.17) is 22.1 Å². The molecular weight excluding hydrogens is 272 g/mol. The van der Waals surface area contributed by atoms with Crippen LogP contribution in [0, 0.1) is 0 Å². The molecule has 2 aromatic carbocycles. The average Bonchev–Trinajstić information content (AvgIpc) is 2.45. The predicted octanol–water partition coefficient (Wildman–Crippen LogP) is 4.13. The van der Waals surface area contributed by atoms with Gasteiger partial charge in [0.15, 0.2) is 0 Å². The number of rotatable bonds is 4. The Hall–Kier alpha value is -1.87. The molecule has 0 fully saturated rings. The first kappa shape index (κ1) is 14.5. The molecule has 0 saturated carbocycles. The Morgan fingerprint density at radius 1 is 1.20 bits per heavy atom. The van der Waals surface area contributed by atoms with Crippen LogP contribution in [-0.4, -0.2) is 14.2 Å². The third kappa shape index (κ3) is 2.99. The van der Waals surface area contributed by atoms with E-state index in [9.17, 15) is 0 Å². The molecule has 0 aliphatic rings. The van der Waals surface area contributed by atoms with Crippen molar-refractivity contribution >= 4 is 23.0 Å². The van der Waals surface area contributed by atoms with Gasteiger partial charge in [-0.3, -0.25) is 0 Å². The van der Waals surface area contributed by atoms with Crippen LogP contribution >= 0.6 is 11.6 Å². The van der Waals surface area contributed by atoms with E-state index < -0.39 is 0 Å². The van der Waals surface area contributed by atoms with Gasteiger partial charge in [0, 0.05) is 18.1 Å². The largest absolute Gasteiger partial charge is 0.497 e. The van der Waals surface area contributed by atoms with Crippen LogP contribution in [0.4, 0.5) is 11.4 Å². The minimum atomic E-state index is 0.171. The Morgan fingerprint density at radius 2 is 1.95 bits per heavy atom. The molecule has 106 valence electrons. The van der Waals surface area contributed by atoms with Crippen LogP contribution in [0.2, 0.25) is 5.02 Å². The molecular formula is C16H19ClN2O. The third-order valence-electron chi connectivity index (χ3n) is 3.53. The molecule has 0 spiro atoms. The van der Waals surface area contributed by atoms with Crippen LogP contribution in [0.15, 0.2) is 42.5 Å². The van der Waals surface area contributed by atoms with Crippen molar-refractivity contribution in [3.8, 4) is 5.75 Å². The van der Waals surface area contributed by atoms with Crippen LogP contribution in [0.3, 0.4) is 0 Å². The van der Waals surface area contributed by atoms with E-state index >= 15 is 0 Å². The van der Waals surface area contributed by atoms with Gasteiger partial charge >= 0.3 is 0 Å². The molecule has 4 heteroatoms. The van der Waals surface area contributed by atoms with E-state index in [2.05, 4.69) is 17.9 Å². The van der Waals surface area contributed by atoms with Crippen LogP contribution in [0.1, 0.15) is 18.5 Å². The highest BCUT2D eigenvalue weighted by molar-refractivity contribution is 6.30. The molecule has 0 saturated heterocycles. The second-order valence-electron chi connectivity index (χ2n) is 4.77. The van der Waals surface area contributed by atoms with Crippen LogP contribution in [0.25, 0.3) is 0 Å². The number of methoxy groups -OCH3 is 1. The van der Waals surface area contributed by atoms with Crippen molar-refractivity contribution in [1.29, 1.82) is 0 Å². The first-order valence-electron chi connectivity index (χ1n) is 6.44. The Kier molecular flexibility index (Phi) is 4.40. The van der Waals surface area contributed by atoms with Crippen molar-refractivity contribution in [2.24, 2.45) is 0 Å². The number of halogens is 1. The van der Waals surface area contributed by atoms with E-state index in [0.29, 0.717) is 5.69 Å². The number of ether oxygens (including phenoxy) is 1. The van der Waals surface area contributed by atoms with Crippen molar-refractivity contribution in [1.82, 2.24) is 0 Å². The van der Waals surface area contributed by atoms with Gasteiger partial charge in [0.1, 0.15) is 5.75 Å². The molecule has 2 aromatic rings. The van der Waals surface area contributed by atoms with Crippen molar-refractivity contribution in [2.75, 3.05) is 24.8 Å². The summed E-state index contributed by atoms with van der Waals surface area (Å²) in [6, 6.07) is 13.7. The van der Waals surface area contributed by atoms with Crippen LogP contribution in [-0.2, 0) is 0 Å². The van der Waals surface area contributed by atoms with Gasteiger partial charge in [-0.1, -0.05) is 23.7 Å². The second kappa shape index (κ2) is 6.06. The van der Waals surface area contributed by atoms with E-state index in [-0.39, 0.29) is 6.04 Å². The lowest BCUT2D eigenvalue weighted by Gasteiger charge is -2.28. The summed E-state index contributed by atoms with van der Waals surface area (Å²) >= 11 is 6.05. The fraction of sp³-hybridized carbons (Fsp3) is 0.250. The summed E-state index contributed by atoms with van der Waals surface area (Å²) in [4.78, 5) is 2.13. The van der Waals surface area contributed by atoms with Crippen LogP contribution < -0.4 is 15.4 Å². The van der Waals surface area contributed by atoms with Crippen molar-refractivity contribution in [2.45, 2.75) is 13.0 Å². The Bertz CT molecular complexity index is 601. The molecule has 3 nitrogen and oxygen atoms in total. The quantitative estimate of drug-likeness (QED) is 0.861. The molecule has 0 radical (unpaired) electrons. The maximum absolute atomic E-state index is 6.10. The number of anilines is 2. The van der Waals surface area contributed by atoms with Gasteiger partial charge in [-0.05, 0) is 36.8 Å². The SMILES string of the molecule is COc1ccc(N(C)C(C)c2cccc(Cl)c2)c(N)c1. The minimum absolute atomic E-state index is 0.171. The molecule has 2 rings (SSSR count). The fourth-order valence-electron chi connectivity index (χ4n) is 2.18. The Balaban J connectivity index is 2.28. The van der Waals surface area contributed by atoms with Gasteiger partial charge in [0.05, 0.1) is 24.5 Å². The zero-order valence-corrected chi connectivity index (χ0v) is 12.7. The van der Waals surface area contributed by atoms with E-state index in [1.807, 2.05) is 43.4 Å². The highest BCUT2D eigenvalue weighted by atomic mass is 35.5. The molecule has 0 aliphatic heterocycles. The zero-order chi connectivity index (χ0) is 14.7. The summed E-state index contributed by atoms with van der Waals surface area (Å²) < 4.78 is 5.17. The molecule has 0 aromatic heterocycles. The zero-order valence-electron chi connectivity index (χ0n) is 11.9. The standard InChI is InChI=1S/C16H19ClN2O/c1-11(12-5-4-6-13(17)9-12)19(2)16-8-7-14(20-3)10-15(16)18/h4-11H,18H2,1-3H3. The van der Waals surface area contributed by atoms with Gasteiger partial charge in [-0.25, -0.2) is 0 Å². The maximum Gasteiger partial charge on any atom is 0.121 e. The highest BCUT2D eigenvalue weighted by Gasteiger charge is 2.15. The number of nitrogens with zero attached hydrogens (tertiary/aromatic N) is 1. The fourth-order valence-corrected chi connectivity index (χ4v) is 2.38. The van der Waals surface area contributed by atoms with Gasteiger partial charge in [-0.2, -0.15) is 0 Å². The number of nitrogen functional groups attached to an aromatic ring is 1. The van der Waals surface area contributed by atoms with Gasteiger partial charge in [-0.15, -0.1) is 0 Å². The lowest BCUT2D eigenvalue weighted by Crippen LogP contribution is -2.22. The molecule has 0 heterocycles. The lowest BCUT2D eigenvalue weighted by molar-refractivity contribution is 0.415. The average molecular weight is 291 g/mol. The number of benzene rings is 2. The summed E-state index contributed by atoms with van der Waals surface area (Å²) in [5, 5.41) is 0.741. The Morgan fingerprint density at radius 3 is 2.55 bits per heavy atom. The van der Waals surface area contributed by atoms with Crippen molar-refractivity contribution < 1.29 is 4.74 Å². The summed E-state index contributed by atoms with van der Waals surface area (Å²) in [6.45, 7) is 2.12. The smallest absolute Gasteiger partial charge is 0.121 e.